The fourth-order valence-electron chi connectivity index (χ4n) is 2.63. The molecule has 0 saturated heterocycles. The molecule has 1 aliphatic carbocycles. The fraction of sp³-hybridized carbons (Fsp3) is 0.400. The van der Waals surface area contributed by atoms with Crippen LogP contribution >= 0.6 is 11.6 Å². The molecule has 4 heteroatoms. The molecule has 0 fully saturated rings. The number of rotatable bonds is 3. The molecule has 0 amide bonds. The SMILES string of the molecule is Clc1ccccc1OCC1CCCCc2[nH]cnc21. The van der Waals surface area contributed by atoms with Crippen molar-refractivity contribution >= 4 is 11.6 Å². The number of hydrogen-bond donors (Lipinski definition) is 1. The Morgan fingerprint density at radius 1 is 1.32 bits per heavy atom. The molecule has 1 aromatic heterocycles. The molecule has 19 heavy (non-hydrogen) atoms. The standard InChI is InChI=1S/C15H17ClN2O/c16-12-6-2-4-8-14(12)19-9-11-5-1-3-7-13-15(11)18-10-17-13/h2,4,6,8,10-11H,1,3,5,7,9H2,(H,17,18). The molecule has 1 aliphatic rings. The molecule has 100 valence electrons. The van der Waals surface area contributed by atoms with Crippen molar-refractivity contribution in [2.75, 3.05) is 6.61 Å². The zero-order valence-corrected chi connectivity index (χ0v) is 11.5. The van der Waals surface area contributed by atoms with Crippen LogP contribution in [0, 0.1) is 0 Å². The molecule has 0 bridgehead atoms. The van der Waals surface area contributed by atoms with Crippen LogP contribution in [0.2, 0.25) is 5.02 Å². The molecule has 1 atom stereocenters. The van der Waals surface area contributed by atoms with Gasteiger partial charge in [0, 0.05) is 11.6 Å². The number of H-pyrrole nitrogens is 1. The van der Waals surface area contributed by atoms with E-state index in [4.69, 9.17) is 16.3 Å². The Labute approximate surface area is 118 Å². The molecule has 3 rings (SSSR count). The molecular formula is C15H17ClN2O. The van der Waals surface area contributed by atoms with E-state index in [1.54, 1.807) is 6.33 Å². The zero-order chi connectivity index (χ0) is 13.1. The number of para-hydroxylation sites is 1. The van der Waals surface area contributed by atoms with Gasteiger partial charge in [0.15, 0.2) is 0 Å². The summed E-state index contributed by atoms with van der Waals surface area (Å²) in [7, 11) is 0. The number of benzene rings is 1. The summed E-state index contributed by atoms with van der Waals surface area (Å²) in [5.74, 6) is 1.12. The van der Waals surface area contributed by atoms with Crippen LogP contribution in [0.1, 0.15) is 36.6 Å². The van der Waals surface area contributed by atoms with E-state index >= 15 is 0 Å². The van der Waals surface area contributed by atoms with Crippen LogP contribution in [0.25, 0.3) is 0 Å². The Morgan fingerprint density at radius 3 is 3.11 bits per heavy atom. The number of nitrogens with zero attached hydrogens (tertiary/aromatic N) is 1. The lowest BCUT2D eigenvalue weighted by Crippen LogP contribution is -2.11. The largest absolute Gasteiger partial charge is 0.491 e. The summed E-state index contributed by atoms with van der Waals surface area (Å²) >= 11 is 6.11. The smallest absolute Gasteiger partial charge is 0.137 e. The lowest BCUT2D eigenvalue weighted by Gasteiger charge is -2.15. The van der Waals surface area contributed by atoms with Gasteiger partial charge in [-0.2, -0.15) is 0 Å². The van der Waals surface area contributed by atoms with E-state index < -0.39 is 0 Å². The highest BCUT2D eigenvalue weighted by Gasteiger charge is 2.21. The Hall–Kier alpha value is -1.48. The average Bonchev–Trinajstić information content (AvgIpc) is 2.80. The third kappa shape index (κ3) is 2.76. The minimum Gasteiger partial charge on any atom is -0.491 e. The van der Waals surface area contributed by atoms with Crippen molar-refractivity contribution < 1.29 is 4.74 Å². The van der Waals surface area contributed by atoms with Crippen molar-refractivity contribution in [1.82, 2.24) is 9.97 Å². The van der Waals surface area contributed by atoms with Crippen LogP contribution in [-0.4, -0.2) is 16.6 Å². The second kappa shape index (κ2) is 5.66. The predicted molar refractivity (Wildman–Crippen MR) is 75.8 cm³/mol. The molecule has 0 saturated carbocycles. The van der Waals surface area contributed by atoms with E-state index in [1.807, 2.05) is 24.3 Å². The Kier molecular flexibility index (Phi) is 3.74. The maximum Gasteiger partial charge on any atom is 0.137 e. The Balaban J connectivity index is 1.72. The van der Waals surface area contributed by atoms with Gasteiger partial charge in [0.25, 0.3) is 0 Å². The molecule has 1 unspecified atom stereocenters. The zero-order valence-electron chi connectivity index (χ0n) is 10.7. The van der Waals surface area contributed by atoms with Crippen LogP contribution in [-0.2, 0) is 6.42 Å². The molecule has 3 nitrogen and oxygen atoms in total. The minimum atomic E-state index is 0.361. The predicted octanol–water partition coefficient (Wildman–Crippen LogP) is 3.95. The summed E-state index contributed by atoms with van der Waals surface area (Å²) in [5.41, 5.74) is 2.44. The first-order valence-corrected chi connectivity index (χ1v) is 7.12. The van der Waals surface area contributed by atoms with Crippen molar-refractivity contribution in [2.45, 2.75) is 31.6 Å². The molecule has 1 aromatic carbocycles. The maximum atomic E-state index is 6.11. The summed E-state index contributed by atoms with van der Waals surface area (Å²) in [6.07, 6.45) is 6.46. The van der Waals surface area contributed by atoms with Gasteiger partial charge < -0.3 is 9.72 Å². The number of hydrogen-bond acceptors (Lipinski definition) is 2. The van der Waals surface area contributed by atoms with Gasteiger partial charge in [-0.15, -0.1) is 0 Å². The lowest BCUT2D eigenvalue weighted by atomic mass is 10.0. The number of aryl methyl sites for hydroxylation is 1. The second-order valence-corrected chi connectivity index (χ2v) is 5.36. The van der Waals surface area contributed by atoms with Gasteiger partial charge >= 0.3 is 0 Å². The molecular weight excluding hydrogens is 260 g/mol. The first kappa shape index (κ1) is 12.5. The second-order valence-electron chi connectivity index (χ2n) is 4.95. The van der Waals surface area contributed by atoms with E-state index in [9.17, 15) is 0 Å². The minimum absolute atomic E-state index is 0.361. The molecule has 0 aliphatic heterocycles. The lowest BCUT2D eigenvalue weighted by molar-refractivity contribution is 0.279. The summed E-state index contributed by atoms with van der Waals surface area (Å²) in [4.78, 5) is 7.71. The van der Waals surface area contributed by atoms with Crippen molar-refractivity contribution in [1.29, 1.82) is 0 Å². The molecule has 2 aromatic rings. The third-order valence-electron chi connectivity index (χ3n) is 3.64. The van der Waals surface area contributed by atoms with Crippen molar-refractivity contribution in [3.8, 4) is 5.75 Å². The van der Waals surface area contributed by atoms with Gasteiger partial charge in [0.2, 0.25) is 0 Å². The van der Waals surface area contributed by atoms with Crippen molar-refractivity contribution in [3.63, 3.8) is 0 Å². The van der Waals surface area contributed by atoms with Crippen LogP contribution in [0.3, 0.4) is 0 Å². The van der Waals surface area contributed by atoms with Gasteiger partial charge in [-0.3, -0.25) is 0 Å². The van der Waals surface area contributed by atoms with Crippen LogP contribution in [0.5, 0.6) is 5.75 Å². The normalized spacial score (nSPS) is 18.7. The maximum absolute atomic E-state index is 6.11. The summed E-state index contributed by atoms with van der Waals surface area (Å²) in [6.45, 7) is 0.640. The average molecular weight is 277 g/mol. The topological polar surface area (TPSA) is 37.9 Å². The van der Waals surface area contributed by atoms with Crippen LogP contribution in [0.4, 0.5) is 0 Å². The number of nitrogens with one attached hydrogen (secondary N) is 1. The summed E-state index contributed by atoms with van der Waals surface area (Å²) < 4.78 is 5.87. The Bertz CT molecular complexity index is 553. The fourth-order valence-corrected chi connectivity index (χ4v) is 2.82. The highest BCUT2D eigenvalue weighted by Crippen LogP contribution is 2.30. The van der Waals surface area contributed by atoms with E-state index in [1.165, 1.54) is 24.2 Å². The van der Waals surface area contributed by atoms with Crippen LogP contribution in [0.15, 0.2) is 30.6 Å². The molecule has 1 heterocycles. The van der Waals surface area contributed by atoms with Gasteiger partial charge in [0.1, 0.15) is 5.75 Å². The summed E-state index contributed by atoms with van der Waals surface area (Å²) in [5, 5.41) is 0.665. The first-order chi connectivity index (χ1) is 9.34. The number of halogens is 1. The third-order valence-corrected chi connectivity index (χ3v) is 3.96. The molecule has 1 N–H and O–H groups in total. The number of aromatic amines is 1. The van der Waals surface area contributed by atoms with Crippen molar-refractivity contribution in [2.24, 2.45) is 0 Å². The van der Waals surface area contributed by atoms with Gasteiger partial charge in [-0.1, -0.05) is 30.2 Å². The number of ether oxygens (including phenoxy) is 1. The highest BCUT2D eigenvalue weighted by molar-refractivity contribution is 6.32. The van der Waals surface area contributed by atoms with Gasteiger partial charge in [-0.25, -0.2) is 4.98 Å². The number of aromatic nitrogens is 2. The number of imidazole rings is 1. The molecule has 0 radical (unpaired) electrons. The van der Waals surface area contributed by atoms with Gasteiger partial charge in [0.05, 0.1) is 23.7 Å². The quantitative estimate of drug-likeness (QED) is 0.862. The van der Waals surface area contributed by atoms with E-state index in [2.05, 4.69) is 9.97 Å². The van der Waals surface area contributed by atoms with Crippen molar-refractivity contribution in [3.05, 3.63) is 47.0 Å². The first-order valence-electron chi connectivity index (χ1n) is 6.74. The molecule has 0 spiro atoms. The van der Waals surface area contributed by atoms with E-state index in [-0.39, 0.29) is 0 Å². The van der Waals surface area contributed by atoms with Gasteiger partial charge in [-0.05, 0) is 31.4 Å². The van der Waals surface area contributed by atoms with Crippen LogP contribution < -0.4 is 4.74 Å². The highest BCUT2D eigenvalue weighted by atomic mass is 35.5. The number of fused-ring (bicyclic) bond motifs is 1. The van der Waals surface area contributed by atoms with E-state index in [0.717, 1.165) is 18.6 Å². The Morgan fingerprint density at radius 2 is 2.21 bits per heavy atom. The monoisotopic (exact) mass is 276 g/mol. The van der Waals surface area contributed by atoms with E-state index in [0.29, 0.717) is 17.5 Å². The summed E-state index contributed by atoms with van der Waals surface area (Å²) in [6, 6.07) is 7.61.